The summed E-state index contributed by atoms with van der Waals surface area (Å²) in [6.07, 6.45) is 1.06. The molecule has 110 valence electrons. The molecule has 1 aliphatic rings. The number of hydrogen-bond acceptors (Lipinski definition) is 3. The lowest BCUT2D eigenvalue weighted by Gasteiger charge is -2.34. The van der Waals surface area contributed by atoms with Gasteiger partial charge in [-0.25, -0.2) is 8.42 Å². The first-order valence-corrected chi connectivity index (χ1v) is 8.36. The molecule has 0 saturated carbocycles. The van der Waals surface area contributed by atoms with E-state index in [4.69, 9.17) is 0 Å². The lowest BCUT2D eigenvalue weighted by Crippen LogP contribution is -2.42. The Morgan fingerprint density at radius 2 is 1.60 bits per heavy atom. The standard InChI is InChI=1S/C15H21NO3S/c1-11-8-12(2)10-16(9-11)20(18,19)15-6-4-14(5-7-15)13(3)17/h4-7,11-12H,8-10H2,1-3H3. The van der Waals surface area contributed by atoms with Crippen molar-refractivity contribution in [3.8, 4) is 0 Å². The van der Waals surface area contributed by atoms with E-state index in [2.05, 4.69) is 13.8 Å². The second-order valence-corrected chi connectivity index (χ2v) is 7.79. The predicted octanol–water partition coefficient (Wildman–Crippen LogP) is 2.56. The fraction of sp³-hybridized carbons (Fsp3) is 0.533. The molecule has 0 aliphatic carbocycles. The summed E-state index contributed by atoms with van der Waals surface area (Å²) in [6, 6.07) is 6.20. The molecule has 20 heavy (non-hydrogen) atoms. The van der Waals surface area contributed by atoms with Crippen LogP contribution in [0.2, 0.25) is 0 Å². The van der Waals surface area contributed by atoms with Crippen LogP contribution < -0.4 is 0 Å². The number of nitrogens with zero attached hydrogens (tertiary/aromatic N) is 1. The molecule has 1 aliphatic heterocycles. The Balaban J connectivity index is 2.27. The molecule has 2 atom stereocenters. The van der Waals surface area contributed by atoms with Gasteiger partial charge >= 0.3 is 0 Å². The molecular weight excluding hydrogens is 274 g/mol. The SMILES string of the molecule is CC(=O)c1ccc(S(=O)(=O)N2CC(C)CC(C)C2)cc1. The zero-order valence-corrected chi connectivity index (χ0v) is 13.0. The van der Waals surface area contributed by atoms with Gasteiger partial charge in [-0.2, -0.15) is 4.31 Å². The summed E-state index contributed by atoms with van der Waals surface area (Å²) in [7, 11) is -3.45. The fourth-order valence-electron chi connectivity index (χ4n) is 2.81. The van der Waals surface area contributed by atoms with E-state index in [9.17, 15) is 13.2 Å². The van der Waals surface area contributed by atoms with Crippen LogP contribution in [0.25, 0.3) is 0 Å². The number of carbonyl (C=O) groups is 1. The molecule has 0 N–H and O–H groups in total. The van der Waals surface area contributed by atoms with Gasteiger partial charge in [0.1, 0.15) is 0 Å². The molecule has 0 bridgehead atoms. The van der Waals surface area contributed by atoms with Gasteiger partial charge in [0.25, 0.3) is 0 Å². The van der Waals surface area contributed by atoms with Gasteiger partial charge in [0.05, 0.1) is 4.90 Å². The summed E-state index contributed by atoms with van der Waals surface area (Å²) in [5, 5.41) is 0. The highest BCUT2D eigenvalue weighted by Crippen LogP contribution is 2.26. The van der Waals surface area contributed by atoms with Crippen molar-refractivity contribution in [2.75, 3.05) is 13.1 Å². The van der Waals surface area contributed by atoms with E-state index >= 15 is 0 Å². The number of sulfonamides is 1. The van der Waals surface area contributed by atoms with Gasteiger partial charge in [0.2, 0.25) is 10.0 Å². The molecule has 0 amide bonds. The van der Waals surface area contributed by atoms with Crippen molar-refractivity contribution in [1.82, 2.24) is 4.31 Å². The third-order valence-electron chi connectivity index (χ3n) is 3.73. The summed E-state index contributed by atoms with van der Waals surface area (Å²) in [6.45, 7) is 6.77. The average Bonchev–Trinajstić information content (AvgIpc) is 2.37. The Kier molecular flexibility index (Phi) is 4.30. The normalized spacial score (nSPS) is 24.6. The molecule has 1 aromatic carbocycles. The van der Waals surface area contributed by atoms with Crippen LogP contribution in [-0.4, -0.2) is 31.6 Å². The molecular formula is C15H21NO3S. The molecule has 2 unspecified atom stereocenters. The maximum atomic E-state index is 12.6. The van der Waals surface area contributed by atoms with E-state index in [1.54, 1.807) is 16.4 Å². The molecule has 4 nitrogen and oxygen atoms in total. The molecule has 0 radical (unpaired) electrons. The first-order valence-electron chi connectivity index (χ1n) is 6.92. The summed E-state index contributed by atoms with van der Waals surface area (Å²) in [5.41, 5.74) is 0.532. The molecule has 1 aromatic rings. The highest BCUT2D eigenvalue weighted by Gasteiger charge is 2.31. The molecule has 1 heterocycles. The highest BCUT2D eigenvalue weighted by atomic mass is 32.2. The third kappa shape index (κ3) is 3.10. The maximum absolute atomic E-state index is 12.6. The van der Waals surface area contributed by atoms with Gasteiger partial charge < -0.3 is 0 Å². The minimum Gasteiger partial charge on any atom is -0.295 e. The van der Waals surface area contributed by atoms with Crippen LogP contribution in [0.4, 0.5) is 0 Å². The molecule has 0 spiro atoms. The Bertz CT molecular complexity index is 582. The van der Waals surface area contributed by atoms with Gasteiger partial charge in [-0.15, -0.1) is 0 Å². The largest absolute Gasteiger partial charge is 0.295 e. The van der Waals surface area contributed by atoms with Crippen molar-refractivity contribution in [3.05, 3.63) is 29.8 Å². The van der Waals surface area contributed by atoms with E-state index in [1.807, 2.05) is 0 Å². The van der Waals surface area contributed by atoms with Gasteiger partial charge in [0.15, 0.2) is 5.78 Å². The molecule has 0 aromatic heterocycles. The summed E-state index contributed by atoms with van der Waals surface area (Å²) in [4.78, 5) is 11.5. The summed E-state index contributed by atoms with van der Waals surface area (Å²) >= 11 is 0. The zero-order chi connectivity index (χ0) is 14.9. The highest BCUT2D eigenvalue weighted by molar-refractivity contribution is 7.89. The molecule has 1 fully saturated rings. The van der Waals surface area contributed by atoms with Crippen LogP contribution in [-0.2, 0) is 10.0 Å². The van der Waals surface area contributed by atoms with Gasteiger partial charge in [-0.3, -0.25) is 4.79 Å². The quantitative estimate of drug-likeness (QED) is 0.805. The van der Waals surface area contributed by atoms with Gasteiger partial charge in [0, 0.05) is 18.7 Å². The van der Waals surface area contributed by atoms with Crippen molar-refractivity contribution in [1.29, 1.82) is 0 Å². The molecule has 1 saturated heterocycles. The topological polar surface area (TPSA) is 54.5 Å². The van der Waals surface area contributed by atoms with Crippen molar-refractivity contribution in [2.45, 2.75) is 32.1 Å². The number of ketones is 1. The summed E-state index contributed by atoms with van der Waals surface area (Å²) < 4.78 is 26.8. The predicted molar refractivity (Wildman–Crippen MR) is 78.2 cm³/mol. The third-order valence-corrected chi connectivity index (χ3v) is 5.58. The van der Waals surface area contributed by atoms with E-state index in [-0.39, 0.29) is 10.7 Å². The Morgan fingerprint density at radius 1 is 1.10 bits per heavy atom. The van der Waals surface area contributed by atoms with Crippen LogP contribution in [0, 0.1) is 11.8 Å². The first-order chi connectivity index (χ1) is 9.30. The van der Waals surface area contributed by atoms with Crippen LogP contribution in [0.5, 0.6) is 0 Å². The van der Waals surface area contributed by atoms with E-state index in [0.29, 0.717) is 30.5 Å². The number of rotatable bonds is 3. The van der Waals surface area contributed by atoms with Crippen molar-refractivity contribution in [2.24, 2.45) is 11.8 Å². The van der Waals surface area contributed by atoms with Crippen molar-refractivity contribution >= 4 is 15.8 Å². The summed E-state index contributed by atoms with van der Waals surface area (Å²) in [5.74, 6) is 0.698. The average molecular weight is 295 g/mol. The Labute approximate surface area is 120 Å². The zero-order valence-electron chi connectivity index (χ0n) is 12.2. The lowest BCUT2D eigenvalue weighted by atomic mass is 9.94. The van der Waals surface area contributed by atoms with Crippen LogP contribution in [0.3, 0.4) is 0 Å². The second kappa shape index (κ2) is 5.66. The lowest BCUT2D eigenvalue weighted by molar-refractivity contribution is 0.101. The Morgan fingerprint density at radius 3 is 2.05 bits per heavy atom. The van der Waals surface area contributed by atoms with Crippen LogP contribution in [0.1, 0.15) is 37.6 Å². The first kappa shape index (κ1) is 15.2. The minimum absolute atomic E-state index is 0.0610. The number of benzene rings is 1. The smallest absolute Gasteiger partial charge is 0.243 e. The van der Waals surface area contributed by atoms with Crippen LogP contribution >= 0.6 is 0 Å². The van der Waals surface area contributed by atoms with Crippen molar-refractivity contribution < 1.29 is 13.2 Å². The maximum Gasteiger partial charge on any atom is 0.243 e. The van der Waals surface area contributed by atoms with E-state index in [1.165, 1.54) is 19.1 Å². The number of hydrogen-bond donors (Lipinski definition) is 0. The monoisotopic (exact) mass is 295 g/mol. The molecule has 2 rings (SSSR count). The number of Topliss-reactive ketones (excluding diaryl/α,β-unsaturated/α-hetero) is 1. The van der Waals surface area contributed by atoms with Gasteiger partial charge in [-0.1, -0.05) is 26.0 Å². The van der Waals surface area contributed by atoms with E-state index in [0.717, 1.165) is 6.42 Å². The van der Waals surface area contributed by atoms with Gasteiger partial charge in [-0.05, 0) is 37.3 Å². The minimum atomic E-state index is -3.45. The number of carbonyl (C=O) groups excluding carboxylic acids is 1. The van der Waals surface area contributed by atoms with Crippen LogP contribution in [0.15, 0.2) is 29.2 Å². The van der Waals surface area contributed by atoms with Crippen molar-refractivity contribution in [3.63, 3.8) is 0 Å². The van der Waals surface area contributed by atoms with E-state index < -0.39 is 10.0 Å². The number of piperidine rings is 1. The fourth-order valence-corrected chi connectivity index (χ4v) is 4.49. The second-order valence-electron chi connectivity index (χ2n) is 5.85. The molecule has 5 heteroatoms. The Hall–Kier alpha value is -1.20.